The zero-order valence-corrected chi connectivity index (χ0v) is 8.72. The molecule has 1 aromatic rings. The fourth-order valence-electron chi connectivity index (χ4n) is 1.15. The SMILES string of the molecule is CC(=O)CNC(=O)Cc1c(F)cccc1F. The molecule has 1 amide bonds. The van der Waals surface area contributed by atoms with Crippen LogP contribution in [0.4, 0.5) is 8.78 Å². The van der Waals surface area contributed by atoms with Crippen LogP contribution in [0, 0.1) is 11.6 Å². The van der Waals surface area contributed by atoms with E-state index in [1.807, 2.05) is 0 Å². The Morgan fingerprint density at radius 2 is 1.81 bits per heavy atom. The summed E-state index contributed by atoms with van der Waals surface area (Å²) in [6.45, 7) is 1.18. The van der Waals surface area contributed by atoms with E-state index in [0.717, 1.165) is 12.1 Å². The summed E-state index contributed by atoms with van der Waals surface area (Å²) in [7, 11) is 0. The number of Topliss-reactive ketones (excluding diaryl/α,β-unsaturated/α-hetero) is 1. The third kappa shape index (κ3) is 3.42. The van der Waals surface area contributed by atoms with E-state index >= 15 is 0 Å². The van der Waals surface area contributed by atoms with E-state index in [9.17, 15) is 18.4 Å². The summed E-state index contributed by atoms with van der Waals surface area (Å²) < 4.78 is 26.2. The summed E-state index contributed by atoms with van der Waals surface area (Å²) >= 11 is 0. The van der Waals surface area contributed by atoms with Crippen molar-refractivity contribution in [3.8, 4) is 0 Å². The molecule has 0 aromatic heterocycles. The quantitative estimate of drug-likeness (QED) is 0.840. The monoisotopic (exact) mass is 227 g/mol. The first-order chi connectivity index (χ1) is 7.50. The number of rotatable bonds is 4. The molecule has 0 saturated heterocycles. The Hall–Kier alpha value is -1.78. The minimum atomic E-state index is -0.766. The number of halogens is 2. The van der Waals surface area contributed by atoms with Crippen molar-refractivity contribution in [2.45, 2.75) is 13.3 Å². The summed E-state index contributed by atoms with van der Waals surface area (Å²) in [4.78, 5) is 21.8. The standard InChI is InChI=1S/C11H11F2NO2/c1-7(15)6-14-11(16)5-8-9(12)3-2-4-10(8)13/h2-4H,5-6H2,1H3,(H,14,16). The molecule has 1 N–H and O–H groups in total. The number of hydrogen-bond donors (Lipinski definition) is 1. The van der Waals surface area contributed by atoms with E-state index in [1.54, 1.807) is 0 Å². The minimum Gasteiger partial charge on any atom is -0.349 e. The molecule has 86 valence electrons. The van der Waals surface area contributed by atoms with Crippen LogP contribution in [0.25, 0.3) is 0 Å². The fraction of sp³-hybridized carbons (Fsp3) is 0.273. The maximum atomic E-state index is 13.1. The van der Waals surface area contributed by atoms with Gasteiger partial charge in [0.15, 0.2) is 0 Å². The van der Waals surface area contributed by atoms with Crippen molar-refractivity contribution in [1.29, 1.82) is 0 Å². The highest BCUT2D eigenvalue weighted by Gasteiger charge is 2.12. The fourth-order valence-corrected chi connectivity index (χ4v) is 1.15. The van der Waals surface area contributed by atoms with Crippen LogP contribution in [0.15, 0.2) is 18.2 Å². The average molecular weight is 227 g/mol. The first-order valence-electron chi connectivity index (χ1n) is 4.69. The summed E-state index contributed by atoms with van der Waals surface area (Å²) in [6, 6.07) is 3.38. The molecule has 0 aliphatic rings. The molecule has 5 heteroatoms. The maximum absolute atomic E-state index is 13.1. The number of hydrogen-bond acceptors (Lipinski definition) is 2. The summed E-state index contributed by atoms with van der Waals surface area (Å²) in [5, 5.41) is 2.26. The summed E-state index contributed by atoms with van der Waals surface area (Å²) in [5.41, 5.74) is -0.288. The van der Waals surface area contributed by atoms with Crippen LogP contribution in [-0.2, 0) is 16.0 Å². The van der Waals surface area contributed by atoms with E-state index in [-0.39, 0.29) is 17.9 Å². The molecule has 0 heterocycles. The highest BCUT2D eigenvalue weighted by Crippen LogP contribution is 2.12. The van der Waals surface area contributed by atoms with Crippen molar-refractivity contribution in [2.75, 3.05) is 6.54 Å². The predicted octanol–water partition coefficient (Wildman–Crippen LogP) is 1.21. The molecule has 0 saturated carbocycles. The Balaban J connectivity index is 2.66. The first-order valence-corrected chi connectivity index (χ1v) is 4.69. The molecule has 1 rings (SSSR count). The zero-order valence-electron chi connectivity index (χ0n) is 8.72. The topological polar surface area (TPSA) is 46.2 Å². The predicted molar refractivity (Wildman–Crippen MR) is 53.8 cm³/mol. The van der Waals surface area contributed by atoms with Crippen molar-refractivity contribution in [3.05, 3.63) is 35.4 Å². The highest BCUT2D eigenvalue weighted by molar-refractivity contribution is 5.85. The molecule has 0 aliphatic heterocycles. The van der Waals surface area contributed by atoms with Gasteiger partial charge in [-0.05, 0) is 19.1 Å². The van der Waals surface area contributed by atoms with Crippen LogP contribution in [0.3, 0.4) is 0 Å². The lowest BCUT2D eigenvalue weighted by Gasteiger charge is -2.05. The summed E-state index contributed by atoms with van der Waals surface area (Å²) in [6.07, 6.45) is -0.411. The molecular weight excluding hydrogens is 216 g/mol. The third-order valence-electron chi connectivity index (χ3n) is 1.93. The second kappa shape index (κ2) is 5.34. The van der Waals surface area contributed by atoms with Crippen LogP contribution in [0.2, 0.25) is 0 Å². The molecule has 0 radical (unpaired) electrons. The highest BCUT2D eigenvalue weighted by atomic mass is 19.1. The Bertz CT molecular complexity index is 398. The smallest absolute Gasteiger partial charge is 0.225 e. The Morgan fingerprint density at radius 1 is 1.25 bits per heavy atom. The van der Waals surface area contributed by atoms with Crippen LogP contribution in [0.1, 0.15) is 12.5 Å². The summed E-state index contributed by atoms with van der Waals surface area (Å²) in [5.74, 6) is -2.34. The number of carbonyl (C=O) groups excluding carboxylic acids is 2. The molecule has 0 bridgehead atoms. The molecule has 0 atom stereocenters. The zero-order chi connectivity index (χ0) is 12.1. The van der Waals surface area contributed by atoms with Gasteiger partial charge in [0.1, 0.15) is 17.4 Å². The van der Waals surface area contributed by atoms with Gasteiger partial charge in [-0.15, -0.1) is 0 Å². The minimum absolute atomic E-state index is 0.130. The number of carbonyl (C=O) groups is 2. The van der Waals surface area contributed by atoms with Gasteiger partial charge in [0.2, 0.25) is 5.91 Å². The lowest BCUT2D eigenvalue weighted by atomic mass is 10.1. The molecule has 0 fully saturated rings. The second-order valence-electron chi connectivity index (χ2n) is 3.36. The van der Waals surface area contributed by atoms with Gasteiger partial charge in [-0.1, -0.05) is 6.07 Å². The van der Waals surface area contributed by atoms with Crippen LogP contribution in [-0.4, -0.2) is 18.2 Å². The Labute approximate surface area is 91.5 Å². The molecule has 3 nitrogen and oxygen atoms in total. The molecular formula is C11H11F2NO2. The number of ketones is 1. The molecule has 16 heavy (non-hydrogen) atoms. The van der Waals surface area contributed by atoms with Gasteiger partial charge in [-0.25, -0.2) is 8.78 Å². The van der Waals surface area contributed by atoms with E-state index in [0.29, 0.717) is 0 Å². The average Bonchev–Trinajstić information content (AvgIpc) is 2.21. The van der Waals surface area contributed by atoms with Crippen LogP contribution < -0.4 is 5.32 Å². The van der Waals surface area contributed by atoms with E-state index < -0.39 is 24.0 Å². The largest absolute Gasteiger partial charge is 0.349 e. The van der Waals surface area contributed by atoms with Gasteiger partial charge in [0.05, 0.1) is 13.0 Å². The van der Waals surface area contributed by atoms with Gasteiger partial charge >= 0.3 is 0 Å². The van der Waals surface area contributed by atoms with Gasteiger partial charge in [-0.2, -0.15) is 0 Å². The van der Waals surface area contributed by atoms with Crippen molar-refractivity contribution < 1.29 is 18.4 Å². The number of amides is 1. The molecule has 0 spiro atoms. The van der Waals surface area contributed by atoms with Gasteiger partial charge in [-0.3, -0.25) is 9.59 Å². The van der Waals surface area contributed by atoms with E-state index in [2.05, 4.69) is 5.32 Å². The van der Waals surface area contributed by atoms with E-state index in [4.69, 9.17) is 0 Å². The lowest BCUT2D eigenvalue weighted by Crippen LogP contribution is -2.30. The van der Waals surface area contributed by atoms with Crippen molar-refractivity contribution in [2.24, 2.45) is 0 Å². The van der Waals surface area contributed by atoms with Crippen LogP contribution in [0.5, 0.6) is 0 Å². The normalized spacial score (nSPS) is 9.94. The number of nitrogens with one attached hydrogen (secondary N) is 1. The Kier molecular flexibility index (Phi) is 4.10. The van der Waals surface area contributed by atoms with Gasteiger partial charge < -0.3 is 5.32 Å². The van der Waals surface area contributed by atoms with Crippen molar-refractivity contribution >= 4 is 11.7 Å². The van der Waals surface area contributed by atoms with Gasteiger partial charge in [0.25, 0.3) is 0 Å². The third-order valence-corrected chi connectivity index (χ3v) is 1.93. The lowest BCUT2D eigenvalue weighted by molar-refractivity contribution is -0.124. The van der Waals surface area contributed by atoms with Crippen molar-refractivity contribution in [3.63, 3.8) is 0 Å². The Morgan fingerprint density at radius 3 is 2.31 bits per heavy atom. The number of benzene rings is 1. The van der Waals surface area contributed by atoms with Gasteiger partial charge in [0, 0.05) is 5.56 Å². The molecule has 0 unspecified atom stereocenters. The van der Waals surface area contributed by atoms with Crippen molar-refractivity contribution in [1.82, 2.24) is 5.32 Å². The second-order valence-corrected chi connectivity index (χ2v) is 3.36. The molecule has 1 aromatic carbocycles. The first kappa shape index (κ1) is 12.3. The molecule has 0 aliphatic carbocycles. The van der Waals surface area contributed by atoms with E-state index in [1.165, 1.54) is 13.0 Å². The van der Waals surface area contributed by atoms with Crippen LogP contribution >= 0.6 is 0 Å². The maximum Gasteiger partial charge on any atom is 0.225 e.